The Balaban J connectivity index is 1.71. The number of nitrogens with zero attached hydrogens (tertiary/aromatic N) is 2. The van der Waals surface area contributed by atoms with Gasteiger partial charge in [0, 0.05) is 19.2 Å². The predicted molar refractivity (Wildman–Crippen MR) is 76.0 cm³/mol. The summed E-state index contributed by atoms with van der Waals surface area (Å²) in [5.74, 6) is 3.45. The lowest BCUT2D eigenvalue weighted by Crippen LogP contribution is -2.29. The van der Waals surface area contributed by atoms with Crippen molar-refractivity contribution in [2.75, 3.05) is 18.5 Å². The van der Waals surface area contributed by atoms with E-state index in [1.165, 1.54) is 37.9 Å². The average molecular weight is 283 g/mol. The fourth-order valence-corrected chi connectivity index (χ4v) is 4.15. The van der Waals surface area contributed by atoms with Crippen LogP contribution < -0.4 is 4.90 Å². The first-order valence-electron chi connectivity index (χ1n) is 7.09. The van der Waals surface area contributed by atoms with Crippen LogP contribution in [0.5, 0.6) is 0 Å². The molecule has 0 amide bonds. The molecule has 3 unspecified atom stereocenters. The third-order valence-corrected chi connectivity index (χ3v) is 5.10. The van der Waals surface area contributed by atoms with E-state index in [4.69, 9.17) is 11.6 Å². The first kappa shape index (κ1) is 13.2. The third-order valence-electron chi connectivity index (χ3n) is 4.81. The summed E-state index contributed by atoms with van der Waals surface area (Å²) >= 11 is 5.89. The Kier molecular flexibility index (Phi) is 3.66. The molecule has 1 heterocycles. The maximum Gasteiger partial charge on any atom is 0.141 e. The molecule has 0 aliphatic heterocycles. The maximum absolute atomic E-state index is 13.2. The summed E-state index contributed by atoms with van der Waals surface area (Å²) in [5, 5.41) is 0. The maximum atomic E-state index is 13.2. The Morgan fingerprint density at radius 3 is 2.89 bits per heavy atom. The van der Waals surface area contributed by atoms with Gasteiger partial charge in [-0.15, -0.1) is 11.6 Å². The van der Waals surface area contributed by atoms with E-state index < -0.39 is 0 Å². The average Bonchev–Trinajstić information content (AvgIpc) is 3.00. The van der Waals surface area contributed by atoms with Crippen LogP contribution in [0.2, 0.25) is 0 Å². The lowest BCUT2D eigenvalue weighted by molar-refractivity contribution is 0.337. The molecule has 2 fully saturated rings. The Morgan fingerprint density at radius 2 is 2.26 bits per heavy atom. The van der Waals surface area contributed by atoms with Crippen LogP contribution in [-0.4, -0.2) is 18.6 Å². The molecular weight excluding hydrogens is 263 g/mol. The smallest absolute Gasteiger partial charge is 0.141 e. The zero-order valence-corrected chi connectivity index (χ0v) is 12.0. The second-order valence-electron chi connectivity index (χ2n) is 6.09. The summed E-state index contributed by atoms with van der Waals surface area (Å²) in [6, 6.07) is 1.49. The highest BCUT2D eigenvalue weighted by Crippen LogP contribution is 2.48. The second-order valence-corrected chi connectivity index (χ2v) is 6.35. The summed E-state index contributed by atoms with van der Waals surface area (Å²) < 4.78 is 13.2. The van der Waals surface area contributed by atoms with Gasteiger partial charge in [0.1, 0.15) is 11.6 Å². The van der Waals surface area contributed by atoms with E-state index in [2.05, 4.69) is 9.88 Å². The normalized spacial score (nSPS) is 28.9. The zero-order valence-electron chi connectivity index (χ0n) is 11.3. The van der Waals surface area contributed by atoms with Crippen LogP contribution in [0.4, 0.5) is 10.2 Å². The van der Waals surface area contributed by atoms with Crippen molar-refractivity contribution in [3.63, 3.8) is 0 Å². The van der Waals surface area contributed by atoms with Crippen molar-refractivity contribution >= 4 is 17.4 Å². The van der Waals surface area contributed by atoms with Crippen molar-refractivity contribution in [1.82, 2.24) is 4.98 Å². The second kappa shape index (κ2) is 5.28. The largest absolute Gasteiger partial charge is 0.359 e. The fourth-order valence-electron chi connectivity index (χ4n) is 3.95. The molecule has 3 atom stereocenters. The van der Waals surface area contributed by atoms with Gasteiger partial charge >= 0.3 is 0 Å². The molecule has 104 valence electrons. The fraction of sp³-hybridized carbons (Fsp3) is 0.667. The number of hydrogen-bond acceptors (Lipinski definition) is 2. The van der Waals surface area contributed by atoms with E-state index in [9.17, 15) is 4.39 Å². The zero-order chi connectivity index (χ0) is 13.4. The molecule has 2 aliphatic carbocycles. The van der Waals surface area contributed by atoms with Gasteiger partial charge in [-0.3, -0.25) is 0 Å². The minimum atomic E-state index is -0.312. The lowest BCUT2D eigenvalue weighted by atomic mass is 9.88. The van der Waals surface area contributed by atoms with Gasteiger partial charge in [-0.2, -0.15) is 0 Å². The van der Waals surface area contributed by atoms with Gasteiger partial charge in [0.15, 0.2) is 0 Å². The van der Waals surface area contributed by atoms with Crippen LogP contribution in [0, 0.1) is 23.6 Å². The molecule has 2 aliphatic rings. The van der Waals surface area contributed by atoms with Gasteiger partial charge in [-0.05, 0) is 43.1 Å². The first-order chi connectivity index (χ1) is 9.17. The highest BCUT2D eigenvalue weighted by Gasteiger charge is 2.39. The molecule has 2 saturated carbocycles. The van der Waals surface area contributed by atoms with Crippen molar-refractivity contribution < 1.29 is 4.39 Å². The third kappa shape index (κ3) is 2.58. The van der Waals surface area contributed by atoms with Crippen molar-refractivity contribution in [2.45, 2.75) is 31.6 Å². The number of rotatable bonds is 4. The van der Waals surface area contributed by atoms with E-state index in [1.807, 2.05) is 7.05 Å². The van der Waals surface area contributed by atoms with Gasteiger partial charge in [0.25, 0.3) is 0 Å². The number of anilines is 1. The monoisotopic (exact) mass is 282 g/mol. The number of hydrogen-bond donors (Lipinski definition) is 0. The Labute approximate surface area is 119 Å². The number of alkyl halides is 1. The summed E-state index contributed by atoms with van der Waals surface area (Å²) in [5.41, 5.74) is 0.785. The highest BCUT2D eigenvalue weighted by molar-refractivity contribution is 6.17. The van der Waals surface area contributed by atoms with Crippen molar-refractivity contribution in [3.8, 4) is 0 Å². The molecule has 19 heavy (non-hydrogen) atoms. The van der Waals surface area contributed by atoms with E-state index in [1.54, 1.807) is 0 Å². The van der Waals surface area contributed by atoms with Crippen molar-refractivity contribution in [3.05, 3.63) is 23.6 Å². The van der Waals surface area contributed by atoms with Crippen molar-refractivity contribution in [2.24, 2.45) is 17.8 Å². The van der Waals surface area contributed by atoms with E-state index >= 15 is 0 Å². The Bertz CT molecular complexity index is 465. The van der Waals surface area contributed by atoms with Crippen LogP contribution in [0.15, 0.2) is 12.3 Å². The van der Waals surface area contributed by atoms with Gasteiger partial charge < -0.3 is 4.90 Å². The Morgan fingerprint density at radius 1 is 1.42 bits per heavy atom. The number of halogens is 2. The molecule has 2 bridgehead atoms. The number of aromatic nitrogens is 1. The molecule has 1 aromatic heterocycles. The predicted octanol–water partition coefficient (Wildman–Crippen LogP) is 3.83. The summed E-state index contributed by atoms with van der Waals surface area (Å²) in [4.78, 5) is 6.37. The highest BCUT2D eigenvalue weighted by atomic mass is 35.5. The first-order valence-corrected chi connectivity index (χ1v) is 7.62. The van der Waals surface area contributed by atoms with Crippen molar-refractivity contribution in [1.29, 1.82) is 0 Å². The number of fused-ring (bicyclic) bond motifs is 2. The van der Waals surface area contributed by atoms with Crippen LogP contribution in [0.3, 0.4) is 0 Å². The van der Waals surface area contributed by atoms with Crippen LogP contribution >= 0.6 is 11.6 Å². The van der Waals surface area contributed by atoms with Crippen LogP contribution in [0.25, 0.3) is 0 Å². The van der Waals surface area contributed by atoms with Gasteiger partial charge in [-0.25, -0.2) is 9.37 Å². The molecule has 2 nitrogen and oxygen atoms in total. The molecular formula is C15H20ClFN2. The molecule has 0 spiro atoms. The SMILES string of the molecule is CN(CC1CC2CCC1C2)c1ncc(F)cc1CCl. The van der Waals surface area contributed by atoms with Gasteiger partial charge in [0.05, 0.1) is 12.1 Å². The minimum absolute atomic E-state index is 0.307. The van der Waals surface area contributed by atoms with Gasteiger partial charge in [0.2, 0.25) is 0 Å². The topological polar surface area (TPSA) is 16.1 Å². The molecule has 1 aromatic rings. The van der Waals surface area contributed by atoms with E-state index in [0.29, 0.717) is 5.88 Å². The van der Waals surface area contributed by atoms with Crippen LogP contribution in [-0.2, 0) is 5.88 Å². The molecule has 3 rings (SSSR count). The molecule has 0 radical (unpaired) electrons. The Hall–Kier alpha value is -0.830. The summed E-state index contributed by atoms with van der Waals surface area (Å²) in [6.45, 7) is 1.02. The summed E-state index contributed by atoms with van der Waals surface area (Å²) in [6.07, 6.45) is 6.86. The lowest BCUT2D eigenvalue weighted by Gasteiger charge is -2.28. The van der Waals surface area contributed by atoms with Gasteiger partial charge in [-0.1, -0.05) is 6.42 Å². The molecule has 0 aromatic carbocycles. The minimum Gasteiger partial charge on any atom is -0.359 e. The standard InChI is InChI=1S/C15H20ClFN2/c1-19(9-13-5-10-2-3-11(13)4-10)15-12(7-16)6-14(17)8-18-15/h6,8,10-11,13H,2-5,7,9H2,1H3. The molecule has 0 N–H and O–H groups in total. The van der Waals surface area contributed by atoms with E-state index in [0.717, 1.165) is 35.7 Å². The molecule has 0 saturated heterocycles. The quantitative estimate of drug-likeness (QED) is 0.780. The van der Waals surface area contributed by atoms with Crippen LogP contribution in [0.1, 0.15) is 31.2 Å². The number of pyridine rings is 1. The van der Waals surface area contributed by atoms with E-state index in [-0.39, 0.29) is 5.82 Å². The summed E-state index contributed by atoms with van der Waals surface area (Å²) in [7, 11) is 2.04. The molecule has 4 heteroatoms.